The summed E-state index contributed by atoms with van der Waals surface area (Å²) < 4.78 is 0. The van der Waals surface area contributed by atoms with Crippen LogP contribution in [0.15, 0.2) is 0 Å². The van der Waals surface area contributed by atoms with Gasteiger partial charge in [-0.2, -0.15) is 0 Å². The van der Waals surface area contributed by atoms with E-state index in [1.54, 1.807) is 0 Å². The third kappa shape index (κ3) is 1.75. The first-order chi connectivity index (χ1) is 7.88. The van der Waals surface area contributed by atoms with Gasteiger partial charge in [-0.3, -0.25) is 4.79 Å². The Bertz CT molecular complexity index is 424. The van der Waals surface area contributed by atoms with E-state index in [1.807, 2.05) is 0 Å². The van der Waals surface area contributed by atoms with E-state index in [9.17, 15) is 4.79 Å². The fraction of sp³-hybridized carbons (Fsp3) is 0.615. The zero-order chi connectivity index (χ0) is 11.0. The lowest BCUT2D eigenvalue weighted by molar-refractivity contribution is 0.111. The van der Waals surface area contributed by atoms with Crippen LogP contribution < -0.4 is 0 Å². The van der Waals surface area contributed by atoms with E-state index in [0.717, 1.165) is 36.2 Å². The number of aryl methyl sites for hydroxylation is 1. The molecule has 0 bridgehead atoms. The van der Waals surface area contributed by atoms with Crippen LogP contribution in [-0.2, 0) is 12.8 Å². The second kappa shape index (κ2) is 3.96. The highest BCUT2D eigenvalue weighted by molar-refractivity contribution is 5.74. The average molecular weight is 216 g/mol. The van der Waals surface area contributed by atoms with E-state index in [-0.39, 0.29) is 0 Å². The van der Waals surface area contributed by atoms with Crippen molar-refractivity contribution in [1.82, 2.24) is 9.97 Å². The topological polar surface area (TPSA) is 42.9 Å². The number of hydrogen-bond donors (Lipinski definition) is 0. The second-order valence-corrected chi connectivity index (χ2v) is 4.85. The van der Waals surface area contributed by atoms with Crippen LogP contribution in [0.5, 0.6) is 0 Å². The van der Waals surface area contributed by atoms with Gasteiger partial charge in [-0.1, -0.05) is 6.42 Å². The Balaban J connectivity index is 2.07. The van der Waals surface area contributed by atoms with Gasteiger partial charge in [0.2, 0.25) is 0 Å². The van der Waals surface area contributed by atoms with Crippen LogP contribution in [0.25, 0.3) is 0 Å². The van der Waals surface area contributed by atoms with E-state index in [4.69, 9.17) is 0 Å². The van der Waals surface area contributed by atoms with Crippen molar-refractivity contribution < 1.29 is 4.79 Å². The molecule has 0 radical (unpaired) electrons. The Kier molecular flexibility index (Phi) is 2.46. The summed E-state index contributed by atoms with van der Waals surface area (Å²) in [7, 11) is 0. The van der Waals surface area contributed by atoms with Gasteiger partial charge in [0.25, 0.3) is 0 Å². The van der Waals surface area contributed by atoms with Crippen molar-refractivity contribution in [1.29, 1.82) is 0 Å². The molecular weight excluding hydrogens is 200 g/mol. The largest absolute Gasteiger partial charge is 0.296 e. The van der Waals surface area contributed by atoms with E-state index in [0.29, 0.717) is 11.6 Å². The molecule has 3 heteroatoms. The minimum atomic E-state index is 0.534. The number of hydrogen-bond acceptors (Lipinski definition) is 3. The maximum absolute atomic E-state index is 11.1. The Morgan fingerprint density at radius 2 is 1.88 bits per heavy atom. The van der Waals surface area contributed by atoms with Gasteiger partial charge < -0.3 is 0 Å². The number of aldehydes is 1. The predicted octanol–water partition coefficient (Wildman–Crippen LogP) is 2.44. The molecule has 0 amide bonds. The highest BCUT2D eigenvalue weighted by atomic mass is 16.1. The monoisotopic (exact) mass is 216 g/mol. The molecule has 2 aliphatic rings. The Morgan fingerprint density at radius 3 is 2.62 bits per heavy atom. The summed E-state index contributed by atoms with van der Waals surface area (Å²) in [5.41, 5.74) is 2.93. The molecule has 2 aliphatic carbocycles. The molecule has 1 heterocycles. The molecule has 0 aromatic carbocycles. The maximum Gasteiger partial charge on any atom is 0.168 e. The maximum atomic E-state index is 11.1. The lowest BCUT2D eigenvalue weighted by atomic mass is 10.1. The molecule has 3 rings (SSSR count). The van der Waals surface area contributed by atoms with Crippen molar-refractivity contribution in [2.75, 3.05) is 0 Å². The first kappa shape index (κ1) is 9.94. The van der Waals surface area contributed by atoms with Crippen molar-refractivity contribution in [3.05, 3.63) is 22.8 Å². The molecule has 0 spiro atoms. The fourth-order valence-corrected chi connectivity index (χ4v) is 2.44. The quantitative estimate of drug-likeness (QED) is 0.563. The molecule has 84 valence electrons. The zero-order valence-electron chi connectivity index (χ0n) is 9.41. The molecule has 0 atom stereocenters. The standard InChI is InChI=1S/C13H16N2O/c16-8-12-10-4-2-1-3-5-11(10)14-13(15-12)9-6-7-9/h8-9H,1-7H2. The Labute approximate surface area is 95.3 Å². The Morgan fingerprint density at radius 1 is 1.06 bits per heavy atom. The molecule has 0 aliphatic heterocycles. The smallest absolute Gasteiger partial charge is 0.168 e. The van der Waals surface area contributed by atoms with E-state index >= 15 is 0 Å². The highest BCUT2D eigenvalue weighted by Crippen LogP contribution is 2.38. The first-order valence-electron chi connectivity index (χ1n) is 6.23. The molecule has 16 heavy (non-hydrogen) atoms. The number of nitrogens with zero attached hydrogens (tertiary/aromatic N) is 2. The van der Waals surface area contributed by atoms with Crippen LogP contribution in [0.4, 0.5) is 0 Å². The van der Waals surface area contributed by atoms with Gasteiger partial charge in [-0.15, -0.1) is 0 Å². The third-order valence-corrected chi connectivity index (χ3v) is 3.54. The van der Waals surface area contributed by atoms with Gasteiger partial charge >= 0.3 is 0 Å². The predicted molar refractivity (Wildman–Crippen MR) is 60.7 cm³/mol. The number of carbonyl (C=O) groups excluding carboxylic acids is 1. The molecule has 1 aromatic rings. The van der Waals surface area contributed by atoms with Crippen LogP contribution in [0, 0.1) is 0 Å². The van der Waals surface area contributed by atoms with Gasteiger partial charge in [-0.05, 0) is 38.5 Å². The molecule has 1 aromatic heterocycles. The van der Waals surface area contributed by atoms with Gasteiger partial charge in [0.15, 0.2) is 6.29 Å². The van der Waals surface area contributed by atoms with Gasteiger partial charge in [0.1, 0.15) is 11.5 Å². The van der Waals surface area contributed by atoms with Crippen molar-refractivity contribution >= 4 is 6.29 Å². The van der Waals surface area contributed by atoms with Crippen LogP contribution in [0.1, 0.15) is 65.6 Å². The third-order valence-electron chi connectivity index (χ3n) is 3.54. The summed E-state index contributed by atoms with van der Waals surface area (Å²) in [6.45, 7) is 0. The second-order valence-electron chi connectivity index (χ2n) is 4.85. The molecule has 1 saturated carbocycles. The summed E-state index contributed by atoms with van der Waals surface area (Å²) in [4.78, 5) is 20.2. The van der Waals surface area contributed by atoms with Crippen LogP contribution in [0.3, 0.4) is 0 Å². The fourth-order valence-electron chi connectivity index (χ4n) is 2.44. The zero-order valence-corrected chi connectivity index (χ0v) is 9.41. The van der Waals surface area contributed by atoms with E-state index in [2.05, 4.69) is 9.97 Å². The highest BCUT2D eigenvalue weighted by Gasteiger charge is 2.28. The Hall–Kier alpha value is -1.25. The van der Waals surface area contributed by atoms with Crippen LogP contribution in [0.2, 0.25) is 0 Å². The molecule has 0 N–H and O–H groups in total. The summed E-state index contributed by atoms with van der Waals surface area (Å²) in [5.74, 6) is 1.45. The summed E-state index contributed by atoms with van der Waals surface area (Å²) in [6.07, 6.45) is 8.92. The van der Waals surface area contributed by atoms with Crippen molar-refractivity contribution in [3.63, 3.8) is 0 Å². The van der Waals surface area contributed by atoms with Gasteiger partial charge in [-0.25, -0.2) is 9.97 Å². The van der Waals surface area contributed by atoms with Crippen LogP contribution in [-0.4, -0.2) is 16.3 Å². The van der Waals surface area contributed by atoms with Crippen molar-refractivity contribution in [2.45, 2.75) is 50.9 Å². The molecular formula is C13H16N2O. The number of carbonyl (C=O) groups is 1. The molecule has 0 unspecified atom stereocenters. The molecule has 0 saturated heterocycles. The average Bonchev–Trinajstić information content (AvgIpc) is 3.13. The minimum Gasteiger partial charge on any atom is -0.296 e. The lowest BCUT2D eigenvalue weighted by Gasteiger charge is -2.09. The number of rotatable bonds is 2. The minimum absolute atomic E-state index is 0.534. The van der Waals surface area contributed by atoms with Gasteiger partial charge in [0, 0.05) is 17.2 Å². The van der Waals surface area contributed by atoms with Crippen molar-refractivity contribution in [2.24, 2.45) is 0 Å². The normalized spacial score (nSPS) is 20.0. The lowest BCUT2D eigenvalue weighted by Crippen LogP contribution is -2.08. The molecule has 1 fully saturated rings. The van der Waals surface area contributed by atoms with E-state index < -0.39 is 0 Å². The first-order valence-corrected chi connectivity index (χ1v) is 6.23. The van der Waals surface area contributed by atoms with Gasteiger partial charge in [0.05, 0.1) is 0 Å². The number of aromatic nitrogens is 2. The van der Waals surface area contributed by atoms with Crippen molar-refractivity contribution in [3.8, 4) is 0 Å². The SMILES string of the molecule is O=Cc1nc(C2CC2)nc2c1CCCCC2. The van der Waals surface area contributed by atoms with E-state index in [1.165, 1.54) is 32.1 Å². The number of fused-ring (bicyclic) bond motifs is 1. The summed E-state index contributed by atoms with van der Waals surface area (Å²) >= 11 is 0. The van der Waals surface area contributed by atoms with Crippen LogP contribution >= 0.6 is 0 Å². The summed E-state index contributed by atoms with van der Waals surface area (Å²) in [6, 6.07) is 0. The molecule has 3 nitrogen and oxygen atoms in total. The summed E-state index contributed by atoms with van der Waals surface area (Å²) in [5, 5.41) is 0.